The zero-order chi connectivity index (χ0) is 28.2. The molecule has 6 nitrogen and oxygen atoms in total. The van der Waals surface area contributed by atoms with Gasteiger partial charge in [0.1, 0.15) is 5.56 Å². The van der Waals surface area contributed by atoms with Crippen LogP contribution in [-0.2, 0) is 11.3 Å². The maximum absolute atomic E-state index is 13.5. The highest BCUT2D eigenvalue weighted by Crippen LogP contribution is 2.34. The molecule has 4 aromatic rings. The Hall–Kier alpha value is -5.18. The Kier molecular flexibility index (Phi) is 7.46. The van der Waals surface area contributed by atoms with E-state index in [2.05, 4.69) is 10.6 Å². The minimum atomic E-state index is -1.59. The maximum Gasteiger partial charge on any atom is 0.263 e. The van der Waals surface area contributed by atoms with Gasteiger partial charge in [0, 0.05) is 29.6 Å². The first kappa shape index (κ1) is 26.4. The summed E-state index contributed by atoms with van der Waals surface area (Å²) in [7, 11) is 0. The van der Waals surface area contributed by atoms with Crippen molar-refractivity contribution < 1.29 is 22.8 Å². The molecule has 5 rings (SSSR count). The van der Waals surface area contributed by atoms with Gasteiger partial charge in [0.25, 0.3) is 17.4 Å². The summed E-state index contributed by atoms with van der Waals surface area (Å²) in [6.07, 6.45) is 6.67. The molecule has 0 saturated heterocycles. The molecular formula is C31H22F3N3O3. The third kappa shape index (κ3) is 5.63. The van der Waals surface area contributed by atoms with E-state index in [0.717, 1.165) is 33.4 Å². The highest BCUT2D eigenvalue weighted by molar-refractivity contribution is 6.35. The molecule has 0 saturated carbocycles. The van der Waals surface area contributed by atoms with Gasteiger partial charge in [-0.1, -0.05) is 54.6 Å². The van der Waals surface area contributed by atoms with Gasteiger partial charge < -0.3 is 15.2 Å². The normalized spacial score (nSPS) is 13.5. The Morgan fingerprint density at radius 2 is 1.65 bits per heavy atom. The molecule has 2 amide bonds. The molecule has 1 aliphatic heterocycles. The van der Waals surface area contributed by atoms with Crippen molar-refractivity contribution in [3.8, 4) is 0 Å². The number of hydrogen-bond acceptors (Lipinski definition) is 3. The van der Waals surface area contributed by atoms with Crippen LogP contribution < -0.4 is 16.2 Å². The quantitative estimate of drug-likeness (QED) is 0.248. The summed E-state index contributed by atoms with van der Waals surface area (Å²) < 4.78 is 41.4. The van der Waals surface area contributed by atoms with E-state index in [9.17, 15) is 27.6 Å². The van der Waals surface area contributed by atoms with E-state index in [1.807, 2.05) is 54.6 Å². The molecule has 9 heteroatoms. The third-order valence-electron chi connectivity index (χ3n) is 6.29. The van der Waals surface area contributed by atoms with Crippen molar-refractivity contribution in [2.75, 3.05) is 11.9 Å². The number of aromatic nitrogens is 1. The number of benzene rings is 3. The molecule has 0 spiro atoms. The Labute approximate surface area is 227 Å². The van der Waals surface area contributed by atoms with Crippen molar-refractivity contribution in [3.05, 3.63) is 141 Å². The molecule has 2 heterocycles. The summed E-state index contributed by atoms with van der Waals surface area (Å²) in [6.45, 7) is -0.130. The molecule has 1 aromatic heterocycles. The van der Waals surface area contributed by atoms with Gasteiger partial charge >= 0.3 is 0 Å². The zero-order valence-electron chi connectivity index (χ0n) is 21.0. The third-order valence-corrected chi connectivity index (χ3v) is 6.29. The van der Waals surface area contributed by atoms with Crippen LogP contribution in [0.15, 0.2) is 89.9 Å². The predicted octanol–water partition coefficient (Wildman–Crippen LogP) is 5.25. The Morgan fingerprint density at radius 1 is 0.900 bits per heavy atom. The van der Waals surface area contributed by atoms with Crippen LogP contribution in [0.25, 0.3) is 17.7 Å². The van der Waals surface area contributed by atoms with Crippen LogP contribution in [0.3, 0.4) is 0 Å². The Balaban J connectivity index is 1.23. The van der Waals surface area contributed by atoms with Gasteiger partial charge in [-0.2, -0.15) is 0 Å². The Bertz CT molecular complexity index is 1720. The van der Waals surface area contributed by atoms with Crippen LogP contribution in [0, 0.1) is 17.5 Å². The number of amides is 2. The largest absolute Gasteiger partial charge is 0.348 e. The lowest BCUT2D eigenvalue weighted by Gasteiger charge is -2.09. The van der Waals surface area contributed by atoms with Crippen LogP contribution >= 0.6 is 0 Å². The van der Waals surface area contributed by atoms with E-state index in [4.69, 9.17) is 0 Å². The van der Waals surface area contributed by atoms with Crippen molar-refractivity contribution in [2.45, 2.75) is 6.54 Å². The van der Waals surface area contributed by atoms with E-state index in [1.165, 1.54) is 18.3 Å². The van der Waals surface area contributed by atoms with E-state index in [0.29, 0.717) is 11.3 Å². The van der Waals surface area contributed by atoms with Gasteiger partial charge in [-0.15, -0.1) is 0 Å². The van der Waals surface area contributed by atoms with Gasteiger partial charge in [-0.3, -0.25) is 14.4 Å². The van der Waals surface area contributed by atoms with E-state index < -0.39 is 28.9 Å². The number of rotatable bonds is 7. The minimum absolute atomic E-state index is 0.0344. The summed E-state index contributed by atoms with van der Waals surface area (Å²) in [5.74, 6) is -5.13. The Morgan fingerprint density at radius 3 is 2.40 bits per heavy atom. The number of anilines is 1. The predicted molar refractivity (Wildman–Crippen MR) is 147 cm³/mol. The number of halogens is 3. The van der Waals surface area contributed by atoms with Crippen molar-refractivity contribution in [3.63, 3.8) is 0 Å². The van der Waals surface area contributed by atoms with Gasteiger partial charge in [-0.05, 0) is 53.1 Å². The monoisotopic (exact) mass is 541 g/mol. The highest BCUT2D eigenvalue weighted by atomic mass is 19.2. The number of fused-ring (bicyclic) bond motifs is 1. The summed E-state index contributed by atoms with van der Waals surface area (Å²) in [4.78, 5) is 37.9. The van der Waals surface area contributed by atoms with Crippen molar-refractivity contribution in [1.29, 1.82) is 0 Å². The molecule has 0 unspecified atom stereocenters. The SMILES string of the molecule is O=C1Nc2cc(C=CCNC(=O)c3cccn(Cc4cc(F)c(F)c(F)c4)c3=O)ccc2C1=Cc1ccccc1. The smallest absolute Gasteiger partial charge is 0.263 e. The number of hydrogen-bond donors (Lipinski definition) is 2. The topological polar surface area (TPSA) is 80.2 Å². The molecule has 0 aliphatic carbocycles. The van der Waals surface area contributed by atoms with Crippen LogP contribution in [0.5, 0.6) is 0 Å². The molecule has 0 atom stereocenters. The molecule has 0 bridgehead atoms. The lowest BCUT2D eigenvalue weighted by atomic mass is 10.0. The lowest BCUT2D eigenvalue weighted by molar-refractivity contribution is -0.110. The standard InChI is InChI=1S/C31H22F3N3O3/c32-25-15-21(16-26(33)28(25)34)18-37-13-5-9-23(31(37)40)29(38)35-12-4-8-20-10-11-22-24(30(39)36-27(22)17-20)14-19-6-2-1-3-7-19/h1-11,13-17H,12,18H2,(H,35,38)(H,36,39). The molecule has 1 aliphatic rings. The second-order valence-corrected chi connectivity index (χ2v) is 9.07. The van der Waals surface area contributed by atoms with Gasteiger partial charge in [-0.25, -0.2) is 13.2 Å². The zero-order valence-corrected chi connectivity index (χ0v) is 21.0. The van der Waals surface area contributed by atoms with Crippen molar-refractivity contribution >= 4 is 35.2 Å². The average Bonchev–Trinajstić information content (AvgIpc) is 3.25. The van der Waals surface area contributed by atoms with E-state index in [1.54, 1.807) is 12.2 Å². The molecule has 3 aromatic carbocycles. The summed E-state index contributed by atoms with van der Waals surface area (Å²) in [6, 6.07) is 19.5. The molecule has 200 valence electrons. The maximum atomic E-state index is 13.5. The fourth-order valence-electron chi connectivity index (χ4n) is 4.35. The molecular weight excluding hydrogens is 519 g/mol. The average molecular weight is 542 g/mol. The van der Waals surface area contributed by atoms with Crippen LogP contribution in [0.1, 0.15) is 32.6 Å². The molecule has 0 fully saturated rings. The fourth-order valence-corrected chi connectivity index (χ4v) is 4.35. The van der Waals surface area contributed by atoms with Crippen LogP contribution in [-0.4, -0.2) is 22.9 Å². The number of nitrogens with one attached hydrogen (secondary N) is 2. The van der Waals surface area contributed by atoms with E-state index in [-0.39, 0.29) is 30.1 Å². The molecule has 2 N–H and O–H groups in total. The first-order valence-corrected chi connectivity index (χ1v) is 12.3. The lowest BCUT2D eigenvalue weighted by Crippen LogP contribution is -2.33. The number of nitrogens with zero attached hydrogens (tertiary/aromatic N) is 1. The molecule has 0 radical (unpaired) electrons. The highest BCUT2D eigenvalue weighted by Gasteiger charge is 2.24. The summed E-state index contributed by atoms with van der Waals surface area (Å²) >= 11 is 0. The number of pyridine rings is 1. The fraction of sp³-hybridized carbons (Fsp3) is 0.0645. The second kappa shape index (κ2) is 11.3. The van der Waals surface area contributed by atoms with Crippen LogP contribution in [0.4, 0.5) is 18.9 Å². The molecule has 40 heavy (non-hydrogen) atoms. The van der Waals surface area contributed by atoms with E-state index >= 15 is 0 Å². The number of carbonyl (C=O) groups is 2. The first-order valence-electron chi connectivity index (χ1n) is 12.3. The van der Waals surface area contributed by atoms with Crippen molar-refractivity contribution in [1.82, 2.24) is 9.88 Å². The van der Waals surface area contributed by atoms with Gasteiger partial charge in [0.2, 0.25) is 0 Å². The van der Waals surface area contributed by atoms with Gasteiger partial charge in [0.15, 0.2) is 17.5 Å². The minimum Gasteiger partial charge on any atom is -0.348 e. The van der Waals surface area contributed by atoms with Gasteiger partial charge in [0.05, 0.1) is 6.54 Å². The second-order valence-electron chi connectivity index (χ2n) is 9.07. The number of carbonyl (C=O) groups excluding carboxylic acids is 2. The summed E-state index contributed by atoms with van der Waals surface area (Å²) in [5, 5.41) is 5.50. The van der Waals surface area contributed by atoms with Crippen molar-refractivity contribution in [2.24, 2.45) is 0 Å². The van der Waals surface area contributed by atoms with Crippen LogP contribution in [0.2, 0.25) is 0 Å². The summed E-state index contributed by atoms with van der Waals surface area (Å²) in [5.41, 5.74) is 2.99. The first-order chi connectivity index (χ1) is 19.3.